The summed E-state index contributed by atoms with van der Waals surface area (Å²) in [6, 6.07) is 10.1. The molecule has 2 aromatic rings. The van der Waals surface area contributed by atoms with Crippen LogP contribution in [0.4, 0.5) is 10.1 Å². The molecule has 3 rings (SSSR count). The van der Waals surface area contributed by atoms with Gasteiger partial charge >= 0.3 is 5.97 Å². The second-order valence-electron chi connectivity index (χ2n) is 6.03. The van der Waals surface area contributed by atoms with Crippen LogP contribution in [-0.4, -0.2) is 44.3 Å². The highest BCUT2D eigenvalue weighted by molar-refractivity contribution is 5.97. The molecule has 152 valence electrons. The van der Waals surface area contributed by atoms with Crippen LogP contribution in [0.5, 0.6) is 11.5 Å². The monoisotopic (exact) mass is 402 g/mol. The van der Waals surface area contributed by atoms with Gasteiger partial charge in [0, 0.05) is 17.8 Å². The SMILES string of the molecule is CCN(C(=O)COC(=O)CNC(=O)c1ccc2c(c1)OCO2)c1ccc(F)cc1. The zero-order chi connectivity index (χ0) is 20.8. The lowest BCUT2D eigenvalue weighted by atomic mass is 10.2. The summed E-state index contributed by atoms with van der Waals surface area (Å²) in [5.41, 5.74) is 0.789. The lowest BCUT2D eigenvalue weighted by Gasteiger charge is -2.20. The smallest absolute Gasteiger partial charge is 0.325 e. The minimum Gasteiger partial charge on any atom is -0.454 e. The van der Waals surface area contributed by atoms with Crippen molar-refractivity contribution in [2.75, 3.05) is 31.4 Å². The highest BCUT2D eigenvalue weighted by atomic mass is 19.1. The van der Waals surface area contributed by atoms with Gasteiger partial charge in [0.25, 0.3) is 11.8 Å². The topological polar surface area (TPSA) is 94.2 Å². The first-order chi connectivity index (χ1) is 14.0. The largest absolute Gasteiger partial charge is 0.454 e. The second-order valence-corrected chi connectivity index (χ2v) is 6.03. The average Bonchev–Trinajstić information content (AvgIpc) is 3.20. The van der Waals surface area contributed by atoms with Crippen LogP contribution in [0.1, 0.15) is 17.3 Å². The van der Waals surface area contributed by atoms with E-state index in [0.29, 0.717) is 29.3 Å². The molecule has 0 aliphatic carbocycles. The summed E-state index contributed by atoms with van der Waals surface area (Å²) >= 11 is 0. The highest BCUT2D eigenvalue weighted by Gasteiger charge is 2.18. The van der Waals surface area contributed by atoms with Crippen LogP contribution in [-0.2, 0) is 14.3 Å². The van der Waals surface area contributed by atoms with Crippen molar-refractivity contribution in [2.45, 2.75) is 6.92 Å². The fraction of sp³-hybridized carbons (Fsp3) is 0.250. The van der Waals surface area contributed by atoms with Crippen LogP contribution in [0.2, 0.25) is 0 Å². The molecule has 0 bridgehead atoms. The molecule has 29 heavy (non-hydrogen) atoms. The third-order valence-corrected chi connectivity index (χ3v) is 4.14. The quantitative estimate of drug-likeness (QED) is 0.711. The average molecular weight is 402 g/mol. The van der Waals surface area contributed by atoms with Crippen LogP contribution >= 0.6 is 0 Å². The predicted octanol–water partition coefficient (Wildman–Crippen LogP) is 1.88. The number of hydrogen-bond acceptors (Lipinski definition) is 6. The molecular weight excluding hydrogens is 383 g/mol. The highest BCUT2D eigenvalue weighted by Crippen LogP contribution is 2.32. The number of halogens is 1. The van der Waals surface area contributed by atoms with Crippen molar-refractivity contribution in [1.82, 2.24) is 5.32 Å². The van der Waals surface area contributed by atoms with E-state index in [1.807, 2.05) is 0 Å². The molecule has 1 aliphatic rings. The van der Waals surface area contributed by atoms with E-state index in [0.717, 1.165) is 0 Å². The van der Waals surface area contributed by atoms with Gasteiger partial charge in [-0.1, -0.05) is 0 Å². The number of likely N-dealkylation sites (N-methyl/N-ethyl adjacent to an activating group) is 1. The molecule has 8 nitrogen and oxygen atoms in total. The van der Waals surface area contributed by atoms with E-state index in [1.54, 1.807) is 19.1 Å². The third-order valence-electron chi connectivity index (χ3n) is 4.14. The summed E-state index contributed by atoms with van der Waals surface area (Å²) in [7, 11) is 0. The number of rotatable bonds is 7. The number of carbonyl (C=O) groups is 3. The summed E-state index contributed by atoms with van der Waals surface area (Å²) in [6.07, 6.45) is 0. The normalized spacial score (nSPS) is 11.7. The Balaban J connectivity index is 1.47. The molecule has 9 heteroatoms. The maximum atomic E-state index is 13.0. The van der Waals surface area contributed by atoms with Crippen molar-refractivity contribution < 1.29 is 33.0 Å². The molecule has 0 atom stereocenters. The number of carbonyl (C=O) groups excluding carboxylic acids is 3. The standard InChI is InChI=1S/C20H19FN2O6/c1-2-23(15-6-4-14(21)5-7-15)18(24)11-27-19(25)10-22-20(26)13-3-8-16-17(9-13)29-12-28-16/h3-9H,2,10-12H2,1H3,(H,22,26). The molecule has 0 fully saturated rings. The van der Waals surface area contributed by atoms with Crippen molar-refractivity contribution in [3.8, 4) is 11.5 Å². The molecule has 2 amide bonds. The molecule has 2 aromatic carbocycles. The molecule has 0 radical (unpaired) electrons. The minimum absolute atomic E-state index is 0.0907. The maximum Gasteiger partial charge on any atom is 0.325 e. The van der Waals surface area contributed by atoms with Gasteiger partial charge in [0.1, 0.15) is 12.4 Å². The van der Waals surface area contributed by atoms with E-state index in [2.05, 4.69) is 5.32 Å². The van der Waals surface area contributed by atoms with E-state index < -0.39 is 36.8 Å². The van der Waals surface area contributed by atoms with E-state index in [-0.39, 0.29) is 6.79 Å². The van der Waals surface area contributed by atoms with Gasteiger partial charge in [0.2, 0.25) is 6.79 Å². The molecule has 0 unspecified atom stereocenters. The molecule has 0 spiro atoms. The Bertz CT molecular complexity index is 916. The molecule has 0 aromatic heterocycles. The van der Waals surface area contributed by atoms with Crippen molar-refractivity contribution >= 4 is 23.5 Å². The second kappa shape index (κ2) is 9.05. The predicted molar refractivity (Wildman–Crippen MR) is 100 cm³/mol. The lowest BCUT2D eigenvalue weighted by molar-refractivity contribution is -0.146. The van der Waals surface area contributed by atoms with Gasteiger partial charge in [-0.25, -0.2) is 4.39 Å². The number of anilines is 1. The van der Waals surface area contributed by atoms with Gasteiger partial charge < -0.3 is 24.4 Å². The fourth-order valence-electron chi connectivity index (χ4n) is 2.69. The molecule has 1 N–H and O–H groups in total. The first kappa shape index (κ1) is 20.1. The van der Waals surface area contributed by atoms with Crippen LogP contribution in [0, 0.1) is 5.82 Å². The van der Waals surface area contributed by atoms with Crippen LogP contribution in [0.3, 0.4) is 0 Å². The Kier molecular flexibility index (Phi) is 6.28. The van der Waals surface area contributed by atoms with Crippen molar-refractivity contribution in [3.05, 3.63) is 53.8 Å². The molecule has 0 saturated carbocycles. The number of esters is 1. The Labute approximate surface area is 166 Å². The number of fused-ring (bicyclic) bond motifs is 1. The van der Waals surface area contributed by atoms with Gasteiger partial charge in [-0.3, -0.25) is 14.4 Å². The maximum absolute atomic E-state index is 13.0. The molecule has 1 aliphatic heterocycles. The summed E-state index contributed by atoms with van der Waals surface area (Å²) in [4.78, 5) is 37.6. The fourth-order valence-corrected chi connectivity index (χ4v) is 2.69. The van der Waals surface area contributed by atoms with Crippen LogP contribution in [0.15, 0.2) is 42.5 Å². The van der Waals surface area contributed by atoms with E-state index in [1.165, 1.54) is 35.2 Å². The summed E-state index contributed by atoms with van der Waals surface area (Å²) < 4.78 is 28.3. The van der Waals surface area contributed by atoms with E-state index in [9.17, 15) is 18.8 Å². The lowest BCUT2D eigenvalue weighted by Crippen LogP contribution is -2.36. The number of amides is 2. The zero-order valence-corrected chi connectivity index (χ0v) is 15.6. The number of nitrogens with zero attached hydrogens (tertiary/aromatic N) is 1. The van der Waals surface area contributed by atoms with Crippen molar-refractivity contribution in [3.63, 3.8) is 0 Å². The Hall–Kier alpha value is -3.62. The zero-order valence-electron chi connectivity index (χ0n) is 15.6. The summed E-state index contributed by atoms with van der Waals surface area (Å²) in [6.45, 7) is 1.26. The van der Waals surface area contributed by atoms with Gasteiger partial charge in [-0.2, -0.15) is 0 Å². The number of benzene rings is 2. The first-order valence-corrected chi connectivity index (χ1v) is 8.87. The number of nitrogens with one attached hydrogen (secondary N) is 1. The summed E-state index contributed by atoms with van der Waals surface area (Å²) in [5, 5.41) is 2.42. The molecular formula is C20H19FN2O6. The van der Waals surface area contributed by atoms with Gasteiger partial charge in [-0.05, 0) is 49.4 Å². The Morgan fingerprint density at radius 2 is 1.83 bits per heavy atom. The minimum atomic E-state index is -0.761. The summed E-state index contributed by atoms with van der Waals surface area (Å²) in [5.74, 6) is -1.14. The number of hydrogen-bond donors (Lipinski definition) is 1. The third kappa shape index (κ3) is 5.01. The van der Waals surface area contributed by atoms with Gasteiger partial charge in [-0.15, -0.1) is 0 Å². The van der Waals surface area contributed by atoms with Crippen LogP contribution in [0.25, 0.3) is 0 Å². The number of ether oxygens (including phenoxy) is 3. The van der Waals surface area contributed by atoms with Crippen molar-refractivity contribution in [1.29, 1.82) is 0 Å². The van der Waals surface area contributed by atoms with E-state index >= 15 is 0 Å². The Morgan fingerprint density at radius 1 is 1.10 bits per heavy atom. The van der Waals surface area contributed by atoms with Gasteiger partial charge in [0.15, 0.2) is 18.1 Å². The van der Waals surface area contributed by atoms with E-state index in [4.69, 9.17) is 14.2 Å². The first-order valence-electron chi connectivity index (χ1n) is 8.87. The molecule has 1 heterocycles. The molecule has 0 saturated heterocycles. The van der Waals surface area contributed by atoms with Crippen molar-refractivity contribution in [2.24, 2.45) is 0 Å². The van der Waals surface area contributed by atoms with Gasteiger partial charge in [0.05, 0.1) is 0 Å². The van der Waals surface area contributed by atoms with Crippen LogP contribution < -0.4 is 19.7 Å². The Morgan fingerprint density at radius 3 is 2.55 bits per heavy atom.